The van der Waals surface area contributed by atoms with Crippen LogP contribution in [0.5, 0.6) is 0 Å². The number of hydrogen-bond acceptors (Lipinski definition) is 4. The molecule has 4 saturated carbocycles. The molecule has 4 atom stereocenters. The fourth-order valence-corrected chi connectivity index (χ4v) is 7.11. The van der Waals surface area contributed by atoms with E-state index in [1.807, 2.05) is 6.92 Å². The summed E-state index contributed by atoms with van der Waals surface area (Å²) < 4.78 is 30.6. The summed E-state index contributed by atoms with van der Waals surface area (Å²) in [6.45, 7) is 2.32. The smallest absolute Gasteiger partial charge is 0.426 e. The van der Waals surface area contributed by atoms with E-state index in [2.05, 4.69) is 0 Å². The topological polar surface area (TPSA) is 86.8 Å². The average molecular weight is 356 g/mol. The summed E-state index contributed by atoms with van der Waals surface area (Å²) in [5.41, 5.74) is 1.84. The third-order valence-electron chi connectivity index (χ3n) is 7.09. The highest BCUT2D eigenvalue weighted by molar-refractivity contribution is 6.43. The van der Waals surface area contributed by atoms with Crippen LogP contribution in [0.1, 0.15) is 58.3 Å². The van der Waals surface area contributed by atoms with Crippen molar-refractivity contribution < 1.29 is 23.6 Å². The summed E-state index contributed by atoms with van der Waals surface area (Å²) in [5, 5.41) is 19.0. The van der Waals surface area contributed by atoms with Crippen LogP contribution in [0.25, 0.3) is 0 Å². The van der Waals surface area contributed by atoms with E-state index in [1.165, 1.54) is 4.90 Å². The standard InChI is InChI=1S/C17H27BF2N2O3/c1-14-5-15(8-16(19,6-14)10-17(20,7-14)9-15)12(21)13(23)22-4-2-3-11(22)18(24)25/h11-12,24-25H,2-10,21H2,1H3/t11-,12+,14?,15?,16?,17?/m0/s1. The van der Waals surface area contributed by atoms with Crippen LogP contribution in [-0.4, -0.2) is 57.8 Å². The molecule has 1 aliphatic heterocycles. The van der Waals surface area contributed by atoms with Gasteiger partial charge in [0.15, 0.2) is 0 Å². The van der Waals surface area contributed by atoms with Crippen molar-refractivity contribution in [2.24, 2.45) is 16.6 Å². The molecule has 5 rings (SSSR count). The Hall–Kier alpha value is -0.725. The van der Waals surface area contributed by atoms with Crippen LogP contribution in [0.15, 0.2) is 0 Å². The Kier molecular flexibility index (Phi) is 3.65. The summed E-state index contributed by atoms with van der Waals surface area (Å²) >= 11 is 0. The summed E-state index contributed by atoms with van der Waals surface area (Å²) in [7, 11) is -1.62. The van der Waals surface area contributed by atoms with E-state index in [4.69, 9.17) is 5.73 Å². The number of rotatable bonds is 3. The van der Waals surface area contributed by atoms with E-state index in [0.717, 1.165) is 0 Å². The predicted molar refractivity (Wildman–Crippen MR) is 88.8 cm³/mol. The zero-order chi connectivity index (χ0) is 18.3. The van der Waals surface area contributed by atoms with Gasteiger partial charge in [-0.15, -0.1) is 0 Å². The van der Waals surface area contributed by atoms with Gasteiger partial charge in [-0.25, -0.2) is 8.78 Å². The zero-order valence-electron chi connectivity index (χ0n) is 14.7. The maximum atomic E-state index is 15.3. The predicted octanol–water partition coefficient (Wildman–Crippen LogP) is 1.11. The third-order valence-corrected chi connectivity index (χ3v) is 7.09. The van der Waals surface area contributed by atoms with Crippen LogP contribution in [0, 0.1) is 10.8 Å². The number of likely N-dealkylation sites (tertiary alicyclic amines) is 1. The quantitative estimate of drug-likeness (QED) is 0.661. The first kappa shape index (κ1) is 17.7. The van der Waals surface area contributed by atoms with Crippen molar-refractivity contribution in [3.05, 3.63) is 0 Å². The van der Waals surface area contributed by atoms with Gasteiger partial charge in [0.1, 0.15) is 11.3 Å². The van der Waals surface area contributed by atoms with Gasteiger partial charge in [0.25, 0.3) is 0 Å². The molecule has 0 aromatic carbocycles. The number of alkyl halides is 2. The van der Waals surface area contributed by atoms with Crippen LogP contribution >= 0.6 is 0 Å². The maximum Gasteiger partial charge on any atom is 0.475 e. The van der Waals surface area contributed by atoms with Crippen LogP contribution in [0.2, 0.25) is 0 Å². The molecule has 25 heavy (non-hydrogen) atoms. The first-order valence-electron chi connectivity index (χ1n) is 9.29. The van der Waals surface area contributed by atoms with Gasteiger partial charge in [0.05, 0.1) is 12.0 Å². The van der Waals surface area contributed by atoms with Gasteiger partial charge in [-0.3, -0.25) is 4.79 Å². The van der Waals surface area contributed by atoms with Gasteiger partial charge in [0.2, 0.25) is 5.91 Å². The largest absolute Gasteiger partial charge is 0.475 e. The Balaban J connectivity index is 1.63. The highest BCUT2D eigenvalue weighted by atomic mass is 19.2. The molecule has 5 aliphatic rings. The molecule has 1 amide bonds. The van der Waals surface area contributed by atoms with Gasteiger partial charge < -0.3 is 20.7 Å². The highest BCUT2D eigenvalue weighted by Crippen LogP contribution is 2.70. The van der Waals surface area contributed by atoms with E-state index >= 15 is 8.78 Å². The molecule has 1 heterocycles. The van der Waals surface area contributed by atoms with Gasteiger partial charge in [0, 0.05) is 18.4 Å². The highest BCUT2D eigenvalue weighted by Gasteiger charge is 2.70. The molecule has 1 saturated heterocycles. The first-order chi connectivity index (χ1) is 11.5. The second-order valence-corrected chi connectivity index (χ2v) is 9.67. The summed E-state index contributed by atoms with van der Waals surface area (Å²) in [6, 6.07) is -1.00. The summed E-state index contributed by atoms with van der Waals surface area (Å²) in [4.78, 5) is 14.4. The first-order valence-corrected chi connectivity index (χ1v) is 9.29. The van der Waals surface area contributed by atoms with Crippen molar-refractivity contribution in [1.82, 2.24) is 4.90 Å². The van der Waals surface area contributed by atoms with Crippen molar-refractivity contribution >= 4 is 13.0 Å². The van der Waals surface area contributed by atoms with Gasteiger partial charge >= 0.3 is 7.12 Å². The van der Waals surface area contributed by atoms with Crippen molar-refractivity contribution in [2.75, 3.05) is 6.54 Å². The van der Waals surface area contributed by atoms with Crippen molar-refractivity contribution in [1.29, 1.82) is 0 Å². The molecule has 2 unspecified atom stereocenters. The van der Waals surface area contributed by atoms with Crippen LogP contribution in [0.4, 0.5) is 8.78 Å². The number of nitrogens with two attached hydrogens (primary N) is 1. The molecule has 4 aliphatic carbocycles. The SMILES string of the molecule is CC12CC3(F)CC(F)(C1)CC([C@H](N)C(=O)N1CCC[C@H]1B(O)O)(C2)C3. The molecule has 4 N–H and O–H groups in total. The van der Waals surface area contributed by atoms with Crippen LogP contribution < -0.4 is 5.73 Å². The van der Waals surface area contributed by atoms with Gasteiger partial charge in [-0.05, 0) is 50.4 Å². The molecule has 8 heteroatoms. The van der Waals surface area contributed by atoms with Gasteiger partial charge in [-0.1, -0.05) is 6.92 Å². The molecule has 0 aromatic rings. The molecule has 140 valence electrons. The molecule has 0 spiro atoms. The normalized spacial score (nSPS) is 49.5. The lowest BCUT2D eigenvalue weighted by atomic mass is 9.41. The van der Waals surface area contributed by atoms with Gasteiger partial charge in [-0.2, -0.15) is 0 Å². The number of carbonyl (C=O) groups is 1. The molecule has 4 bridgehead atoms. The second-order valence-electron chi connectivity index (χ2n) is 9.67. The van der Waals surface area contributed by atoms with E-state index in [-0.39, 0.29) is 19.3 Å². The Morgan fingerprint density at radius 2 is 1.76 bits per heavy atom. The lowest BCUT2D eigenvalue weighted by Crippen LogP contribution is -2.69. The number of hydrogen-bond donors (Lipinski definition) is 3. The fraction of sp³-hybridized carbons (Fsp3) is 0.941. The lowest BCUT2D eigenvalue weighted by molar-refractivity contribution is -0.214. The molecular weight excluding hydrogens is 329 g/mol. The number of carbonyl (C=O) groups excluding carboxylic acids is 1. The molecular formula is C17H27BF2N2O3. The van der Waals surface area contributed by atoms with Crippen molar-refractivity contribution in [3.63, 3.8) is 0 Å². The minimum atomic E-state index is -1.62. The Labute approximate surface area is 147 Å². The molecule has 0 aromatic heterocycles. The van der Waals surface area contributed by atoms with E-state index in [0.29, 0.717) is 38.6 Å². The minimum absolute atomic E-state index is 0.0834. The lowest BCUT2D eigenvalue weighted by Gasteiger charge is -2.66. The Bertz CT molecular complexity index is 551. The second kappa shape index (κ2) is 5.17. The number of nitrogens with zero attached hydrogens (tertiary/aromatic N) is 1. The average Bonchev–Trinajstić information content (AvgIpc) is 2.89. The van der Waals surface area contributed by atoms with Crippen LogP contribution in [0.3, 0.4) is 0 Å². The molecule has 0 radical (unpaired) electrons. The van der Waals surface area contributed by atoms with E-state index < -0.39 is 47.2 Å². The van der Waals surface area contributed by atoms with E-state index in [9.17, 15) is 14.8 Å². The maximum absolute atomic E-state index is 15.3. The Morgan fingerprint density at radius 3 is 2.28 bits per heavy atom. The Morgan fingerprint density at radius 1 is 1.16 bits per heavy atom. The van der Waals surface area contributed by atoms with E-state index in [1.54, 1.807) is 0 Å². The monoisotopic (exact) mass is 356 g/mol. The molecule has 5 nitrogen and oxygen atoms in total. The summed E-state index contributed by atoms with van der Waals surface area (Å²) in [5.74, 6) is -1.07. The zero-order valence-corrected chi connectivity index (χ0v) is 14.7. The minimum Gasteiger partial charge on any atom is -0.426 e. The van der Waals surface area contributed by atoms with Crippen molar-refractivity contribution in [3.8, 4) is 0 Å². The van der Waals surface area contributed by atoms with Crippen LogP contribution in [-0.2, 0) is 4.79 Å². The summed E-state index contributed by atoms with van der Waals surface area (Å²) in [6.07, 6.45) is 2.60. The number of halogens is 2. The van der Waals surface area contributed by atoms with Crippen molar-refractivity contribution in [2.45, 2.75) is 81.6 Å². The fourth-order valence-electron chi connectivity index (χ4n) is 7.11. The number of amides is 1. The third kappa shape index (κ3) is 2.63. The molecule has 5 fully saturated rings.